The Kier molecular flexibility index (Phi) is 13.8. The molecule has 0 aromatic heterocycles. The van der Waals surface area contributed by atoms with Gasteiger partial charge in [-0.1, -0.05) is 39.5 Å². The predicted molar refractivity (Wildman–Crippen MR) is 120 cm³/mol. The Morgan fingerprint density at radius 1 is 0.478 bits per heavy atom. The van der Waals surface area contributed by atoms with Crippen LogP contribution in [0.15, 0.2) is 0 Å². The molecule has 0 amide bonds. The minimum Gasteiger partial charge on any atom is -0.281 e. The fraction of sp³-hybridized carbons (Fsp3) is 1.00. The summed E-state index contributed by atoms with van der Waals surface area (Å²) >= 11 is 0. The Morgan fingerprint density at radius 3 is 0.913 bits per heavy atom. The number of rotatable bonds is 21. The molecule has 0 bridgehead atoms. The first kappa shape index (κ1) is 44.6. The van der Waals surface area contributed by atoms with Crippen LogP contribution in [0.25, 0.3) is 0 Å². The van der Waals surface area contributed by atoms with E-state index < -0.39 is 105 Å². The smallest absolute Gasteiger partial charge is 0.281 e. The summed E-state index contributed by atoms with van der Waals surface area (Å²) in [5.41, 5.74) is 0. The van der Waals surface area contributed by atoms with Crippen molar-refractivity contribution in [2.24, 2.45) is 11.8 Å². The zero-order valence-corrected chi connectivity index (χ0v) is 24.7. The van der Waals surface area contributed by atoms with E-state index in [9.17, 15) is 87.1 Å². The standard InChI is InChI=1S/C20H26F16O8S2/c1-3-11(7-9-13(21,22)15(25,26)43-17(29,30)19(33,34)45(37,38)39)5-6-12(4-2)8-10-14(23,24)16(27,28)44-18(31,32)20(35,36)46(40,41)42/h11-12H,3-10H2,1-2H3,(H,37,38,39)(H,40,41,42). The summed E-state index contributed by atoms with van der Waals surface area (Å²) in [6.07, 6.45) is -34.0. The molecule has 0 spiro atoms. The van der Waals surface area contributed by atoms with Crippen LogP contribution < -0.4 is 0 Å². The predicted octanol–water partition coefficient (Wildman–Crippen LogP) is 8.02. The van der Waals surface area contributed by atoms with Crippen molar-refractivity contribution in [3.8, 4) is 0 Å². The summed E-state index contributed by atoms with van der Waals surface area (Å²) < 4.78 is 279. The van der Waals surface area contributed by atoms with Crippen molar-refractivity contribution in [1.29, 1.82) is 0 Å². The van der Waals surface area contributed by atoms with Crippen molar-refractivity contribution in [2.45, 2.75) is 112 Å². The lowest BCUT2D eigenvalue weighted by atomic mass is 9.86. The largest absolute Gasteiger partial charge is 0.460 e. The van der Waals surface area contributed by atoms with Crippen molar-refractivity contribution in [3.63, 3.8) is 0 Å². The topological polar surface area (TPSA) is 127 Å². The van der Waals surface area contributed by atoms with E-state index in [0.29, 0.717) is 0 Å². The molecule has 0 radical (unpaired) electrons. The summed E-state index contributed by atoms with van der Waals surface area (Å²) in [7, 11) is -14.3. The van der Waals surface area contributed by atoms with E-state index in [-0.39, 0.29) is 25.7 Å². The molecule has 0 aromatic carbocycles. The first-order chi connectivity index (χ1) is 20.0. The molecule has 0 saturated carbocycles. The van der Waals surface area contributed by atoms with Gasteiger partial charge in [0.1, 0.15) is 0 Å². The molecule has 2 atom stereocenters. The van der Waals surface area contributed by atoms with E-state index in [4.69, 9.17) is 9.11 Å². The van der Waals surface area contributed by atoms with Crippen molar-refractivity contribution in [1.82, 2.24) is 0 Å². The second-order valence-electron chi connectivity index (χ2n) is 9.87. The Balaban J connectivity index is 5.47. The molecule has 2 N–H and O–H groups in total. The summed E-state index contributed by atoms with van der Waals surface area (Å²) in [6.45, 7) is 2.49. The van der Waals surface area contributed by atoms with Gasteiger partial charge in [-0.15, -0.1) is 0 Å². The van der Waals surface area contributed by atoms with Crippen molar-refractivity contribution < 1.29 is 106 Å². The molecule has 0 saturated heterocycles. The van der Waals surface area contributed by atoms with Gasteiger partial charge in [0.2, 0.25) is 0 Å². The SMILES string of the molecule is CCC(CCC(CC)CCC(F)(F)C(F)(F)OC(F)(F)C(F)(F)S(=O)(=O)O)CCC(F)(F)C(F)(F)OC(F)(F)C(F)(F)S(=O)(=O)O. The van der Waals surface area contributed by atoms with E-state index in [0.717, 1.165) is 0 Å². The van der Waals surface area contributed by atoms with E-state index in [2.05, 4.69) is 9.47 Å². The zero-order valence-electron chi connectivity index (χ0n) is 23.0. The van der Waals surface area contributed by atoms with Crippen LogP contribution in [0.1, 0.15) is 65.2 Å². The molecule has 2 unspecified atom stereocenters. The molecule has 46 heavy (non-hydrogen) atoms. The lowest BCUT2D eigenvalue weighted by Crippen LogP contribution is -2.55. The average molecular weight is 763 g/mol. The Hall–Kier alpha value is -1.38. The van der Waals surface area contributed by atoms with Gasteiger partial charge in [-0.3, -0.25) is 9.11 Å². The summed E-state index contributed by atoms with van der Waals surface area (Å²) in [6, 6.07) is 0. The third-order valence-electron chi connectivity index (χ3n) is 6.56. The van der Waals surface area contributed by atoms with Gasteiger partial charge in [0.15, 0.2) is 0 Å². The minimum atomic E-state index is -7.14. The molecule has 278 valence electrons. The fourth-order valence-corrected chi connectivity index (χ4v) is 4.21. The Labute approximate surface area is 250 Å². The van der Waals surface area contributed by atoms with E-state index in [1.165, 1.54) is 13.8 Å². The van der Waals surface area contributed by atoms with Gasteiger partial charge in [0.25, 0.3) is 0 Å². The molecule has 0 aliphatic heterocycles. The molecular weight excluding hydrogens is 736 g/mol. The minimum absolute atomic E-state index is 0.185. The average Bonchev–Trinajstić information content (AvgIpc) is 2.82. The Morgan fingerprint density at radius 2 is 0.717 bits per heavy atom. The number of ether oxygens (including phenoxy) is 2. The van der Waals surface area contributed by atoms with Crippen LogP contribution in [0.4, 0.5) is 70.2 Å². The molecule has 0 fully saturated rings. The highest BCUT2D eigenvalue weighted by Gasteiger charge is 2.75. The van der Waals surface area contributed by atoms with Gasteiger partial charge < -0.3 is 0 Å². The third kappa shape index (κ3) is 10.1. The monoisotopic (exact) mass is 762 g/mol. The van der Waals surface area contributed by atoms with Crippen LogP contribution in [0.5, 0.6) is 0 Å². The van der Waals surface area contributed by atoms with Crippen molar-refractivity contribution >= 4 is 20.2 Å². The molecule has 8 nitrogen and oxygen atoms in total. The van der Waals surface area contributed by atoms with E-state index >= 15 is 0 Å². The number of hydrogen-bond donors (Lipinski definition) is 2. The first-order valence-corrected chi connectivity index (χ1v) is 15.2. The van der Waals surface area contributed by atoms with Crippen molar-refractivity contribution in [2.75, 3.05) is 0 Å². The van der Waals surface area contributed by atoms with Crippen LogP contribution in [0, 0.1) is 11.8 Å². The molecule has 0 heterocycles. The van der Waals surface area contributed by atoms with Gasteiger partial charge in [0, 0.05) is 12.8 Å². The normalized spacial score (nSPS) is 16.9. The maximum absolute atomic E-state index is 14.0. The van der Waals surface area contributed by atoms with Gasteiger partial charge in [0.05, 0.1) is 0 Å². The highest BCUT2D eigenvalue weighted by Crippen LogP contribution is 2.50. The van der Waals surface area contributed by atoms with E-state index in [1.807, 2.05) is 0 Å². The molecule has 26 heteroatoms. The summed E-state index contributed by atoms with van der Waals surface area (Å²) in [5, 5.41) is -13.6. The van der Waals surface area contributed by atoms with Gasteiger partial charge in [-0.05, 0) is 24.7 Å². The Bertz CT molecular complexity index is 1130. The highest BCUT2D eigenvalue weighted by molar-refractivity contribution is 7.87. The maximum atomic E-state index is 14.0. The van der Waals surface area contributed by atoms with Crippen molar-refractivity contribution in [3.05, 3.63) is 0 Å². The van der Waals surface area contributed by atoms with Crippen LogP contribution in [-0.2, 0) is 29.7 Å². The first-order valence-electron chi connectivity index (χ1n) is 12.4. The lowest BCUT2D eigenvalue weighted by molar-refractivity contribution is -0.457. The summed E-state index contributed by atoms with van der Waals surface area (Å²) in [4.78, 5) is 0. The summed E-state index contributed by atoms with van der Waals surface area (Å²) in [5.74, 6) is -13.6. The fourth-order valence-electron chi connectivity index (χ4n) is 3.53. The quantitative estimate of drug-likeness (QED) is 0.0890. The second-order valence-corrected chi connectivity index (χ2v) is 12.8. The lowest BCUT2D eigenvalue weighted by Gasteiger charge is -2.32. The number of halogens is 16. The maximum Gasteiger partial charge on any atom is 0.460 e. The molecule has 0 aliphatic carbocycles. The van der Waals surface area contributed by atoms with E-state index in [1.54, 1.807) is 0 Å². The van der Waals surface area contributed by atoms with Gasteiger partial charge in [-0.2, -0.15) is 87.1 Å². The molecule has 0 rings (SSSR count). The molecule has 0 aromatic rings. The molecule has 0 aliphatic rings. The third-order valence-corrected chi connectivity index (χ3v) is 8.33. The highest BCUT2D eigenvalue weighted by atomic mass is 32.2. The molecular formula is C20H26F16O8S2. The van der Waals surface area contributed by atoms with Gasteiger partial charge in [-0.25, -0.2) is 9.47 Å². The van der Waals surface area contributed by atoms with Crippen LogP contribution in [0.2, 0.25) is 0 Å². The number of hydrogen-bond acceptors (Lipinski definition) is 6. The van der Waals surface area contributed by atoms with Gasteiger partial charge >= 0.3 is 67.0 Å². The number of alkyl halides is 16. The second kappa shape index (κ2) is 14.2. The zero-order chi connectivity index (χ0) is 37.2. The van der Waals surface area contributed by atoms with Crippen LogP contribution in [0.3, 0.4) is 0 Å². The van der Waals surface area contributed by atoms with Crippen LogP contribution in [-0.4, -0.2) is 72.7 Å². The van der Waals surface area contributed by atoms with Crippen LogP contribution >= 0.6 is 0 Å².